The molecule has 1 aliphatic heterocycles. The highest BCUT2D eigenvalue weighted by Crippen LogP contribution is 2.28. The number of hydrogen-bond acceptors (Lipinski definition) is 3. The molecule has 0 saturated carbocycles. The zero-order chi connectivity index (χ0) is 16.8. The monoisotopic (exact) mass is 324 g/mol. The van der Waals surface area contributed by atoms with Crippen LogP contribution in [0.25, 0.3) is 0 Å². The fraction of sp³-hybridized carbons (Fsp3) is 0.350. The first-order chi connectivity index (χ1) is 11.7. The Bertz CT molecular complexity index is 679. The first-order valence-corrected chi connectivity index (χ1v) is 8.49. The SMILES string of the molecule is Cc1ccc(N2CCOCC2)c(NC(=O)CCc2ccccc2)c1. The lowest BCUT2D eigenvalue weighted by Crippen LogP contribution is -2.36. The van der Waals surface area contributed by atoms with E-state index in [1.54, 1.807) is 0 Å². The predicted molar refractivity (Wildman–Crippen MR) is 97.6 cm³/mol. The van der Waals surface area contributed by atoms with Gasteiger partial charge in [0.05, 0.1) is 24.6 Å². The average molecular weight is 324 g/mol. The van der Waals surface area contributed by atoms with Gasteiger partial charge in [0.1, 0.15) is 0 Å². The van der Waals surface area contributed by atoms with Gasteiger partial charge in [0.2, 0.25) is 5.91 Å². The molecule has 4 nitrogen and oxygen atoms in total. The Hall–Kier alpha value is -2.33. The van der Waals surface area contributed by atoms with Gasteiger partial charge in [-0.05, 0) is 36.6 Å². The number of amides is 1. The second kappa shape index (κ2) is 7.97. The lowest BCUT2D eigenvalue weighted by molar-refractivity contribution is -0.116. The van der Waals surface area contributed by atoms with Crippen molar-refractivity contribution in [1.82, 2.24) is 0 Å². The number of aryl methyl sites for hydroxylation is 2. The summed E-state index contributed by atoms with van der Waals surface area (Å²) in [5, 5.41) is 3.10. The molecule has 1 heterocycles. The van der Waals surface area contributed by atoms with Crippen LogP contribution < -0.4 is 10.2 Å². The third-order valence-electron chi connectivity index (χ3n) is 4.26. The summed E-state index contributed by atoms with van der Waals surface area (Å²) < 4.78 is 5.42. The molecular weight excluding hydrogens is 300 g/mol. The van der Waals surface area contributed by atoms with Gasteiger partial charge < -0.3 is 15.0 Å². The highest BCUT2D eigenvalue weighted by atomic mass is 16.5. The molecule has 1 fully saturated rings. The third kappa shape index (κ3) is 4.36. The van der Waals surface area contributed by atoms with E-state index in [2.05, 4.69) is 34.5 Å². The molecule has 0 unspecified atom stereocenters. The number of carbonyl (C=O) groups excluding carboxylic acids is 1. The molecule has 0 aromatic heterocycles. The average Bonchev–Trinajstić information content (AvgIpc) is 2.62. The summed E-state index contributed by atoms with van der Waals surface area (Å²) in [6, 6.07) is 16.3. The van der Waals surface area contributed by atoms with Crippen molar-refractivity contribution < 1.29 is 9.53 Å². The molecule has 0 radical (unpaired) electrons. The van der Waals surface area contributed by atoms with Crippen LogP contribution in [0.3, 0.4) is 0 Å². The molecule has 2 aromatic rings. The fourth-order valence-corrected chi connectivity index (χ4v) is 2.95. The van der Waals surface area contributed by atoms with E-state index in [4.69, 9.17) is 4.74 Å². The smallest absolute Gasteiger partial charge is 0.224 e. The van der Waals surface area contributed by atoms with Crippen molar-refractivity contribution in [3.63, 3.8) is 0 Å². The van der Waals surface area contributed by atoms with E-state index in [9.17, 15) is 4.79 Å². The standard InChI is InChI=1S/C20H24N2O2/c1-16-7-9-19(22-11-13-24-14-12-22)18(15-16)21-20(23)10-8-17-5-3-2-4-6-17/h2-7,9,15H,8,10-14H2,1H3,(H,21,23). The molecule has 0 spiro atoms. The van der Waals surface area contributed by atoms with Crippen molar-refractivity contribution in [3.8, 4) is 0 Å². The topological polar surface area (TPSA) is 41.6 Å². The number of morpholine rings is 1. The summed E-state index contributed by atoms with van der Waals surface area (Å²) in [7, 11) is 0. The van der Waals surface area contributed by atoms with E-state index in [0.29, 0.717) is 6.42 Å². The van der Waals surface area contributed by atoms with Gasteiger partial charge in [0.15, 0.2) is 0 Å². The Labute approximate surface area is 143 Å². The Morgan fingerprint density at radius 3 is 2.62 bits per heavy atom. The molecule has 24 heavy (non-hydrogen) atoms. The van der Waals surface area contributed by atoms with Crippen LogP contribution in [0.5, 0.6) is 0 Å². The zero-order valence-electron chi connectivity index (χ0n) is 14.1. The first-order valence-electron chi connectivity index (χ1n) is 8.49. The Morgan fingerprint density at radius 2 is 1.88 bits per heavy atom. The molecule has 1 aliphatic rings. The molecular formula is C20H24N2O2. The van der Waals surface area contributed by atoms with Crippen LogP contribution in [-0.4, -0.2) is 32.2 Å². The Balaban J connectivity index is 1.66. The lowest BCUT2D eigenvalue weighted by Gasteiger charge is -2.30. The Kier molecular flexibility index (Phi) is 5.49. The summed E-state index contributed by atoms with van der Waals surface area (Å²) in [6.45, 7) is 5.22. The molecule has 4 heteroatoms. The van der Waals surface area contributed by atoms with Crippen molar-refractivity contribution in [2.45, 2.75) is 19.8 Å². The van der Waals surface area contributed by atoms with E-state index in [0.717, 1.165) is 49.7 Å². The van der Waals surface area contributed by atoms with Crippen LogP contribution in [0.2, 0.25) is 0 Å². The Morgan fingerprint density at radius 1 is 1.12 bits per heavy atom. The molecule has 0 bridgehead atoms. The summed E-state index contributed by atoms with van der Waals surface area (Å²) in [4.78, 5) is 14.7. The molecule has 126 valence electrons. The van der Waals surface area contributed by atoms with Gasteiger partial charge >= 0.3 is 0 Å². The fourth-order valence-electron chi connectivity index (χ4n) is 2.95. The number of rotatable bonds is 5. The third-order valence-corrected chi connectivity index (χ3v) is 4.26. The largest absolute Gasteiger partial charge is 0.378 e. The molecule has 1 amide bonds. The molecule has 0 aliphatic carbocycles. The number of ether oxygens (including phenoxy) is 1. The van der Waals surface area contributed by atoms with Crippen LogP contribution >= 0.6 is 0 Å². The maximum Gasteiger partial charge on any atom is 0.224 e. The van der Waals surface area contributed by atoms with E-state index in [-0.39, 0.29) is 5.91 Å². The minimum absolute atomic E-state index is 0.0546. The predicted octanol–water partition coefficient (Wildman–Crippen LogP) is 3.40. The summed E-state index contributed by atoms with van der Waals surface area (Å²) in [6.07, 6.45) is 1.24. The summed E-state index contributed by atoms with van der Waals surface area (Å²) in [5.74, 6) is 0.0546. The van der Waals surface area contributed by atoms with Crippen LogP contribution in [0.1, 0.15) is 17.5 Å². The van der Waals surface area contributed by atoms with Crippen LogP contribution in [0.15, 0.2) is 48.5 Å². The minimum atomic E-state index is 0.0546. The van der Waals surface area contributed by atoms with E-state index >= 15 is 0 Å². The van der Waals surface area contributed by atoms with Crippen molar-refractivity contribution in [2.24, 2.45) is 0 Å². The summed E-state index contributed by atoms with van der Waals surface area (Å²) >= 11 is 0. The van der Waals surface area contributed by atoms with Gasteiger partial charge in [-0.25, -0.2) is 0 Å². The van der Waals surface area contributed by atoms with Crippen molar-refractivity contribution in [1.29, 1.82) is 0 Å². The normalized spacial score (nSPS) is 14.5. The highest BCUT2D eigenvalue weighted by Gasteiger charge is 2.16. The molecule has 2 aromatic carbocycles. The molecule has 3 rings (SSSR count). The van der Waals surface area contributed by atoms with E-state index in [1.165, 1.54) is 5.56 Å². The van der Waals surface area contributed by atoms with Crippen molar-refractivity contribution in [3.05, 3.63) is 59.7 Å². The first kappa shape index (κ1) is 16.5. The van der Waals surface area contributed by atoms with E-state index < -0.39 is 0 Å². The van der Waals surface area contributed by atoms with Gasteiger partial charge in [-0.15, -0.1) is 0 Å². The number of carbonyl (C=O) groups is 1. The maximum absolute atomic E-state index is 12.4. The number of anilines is 2. The van der Waals surface area contributed by atoms with Crippen LogP contribution in [0, 0.1) is 6.92 Å². The van der Waals surface area contributed by atoms with Gasteiger partial charge in [-0.2, -0.15) is 0 Å². The van der Waals surface area contributed by atoms with Crippen LogP contribution in [0.4, 0.5) is 11.4 Å². The van der Waals surface area contributed by atoms with Gasteiger partial charge in [-0.3, -0.25) is 4.79 Å². The maximum atomic E-state index is 12.4. The lowest BCUT2D eigenvalue weighted by atomic mass is 10.1. The van der Waals surface area contributed by atoms with Gasteiger partial charge in [0, 0.05) is 19.5 Å². The minimum Gasteiger partial charge on any atom is -0.378 e. The number of benzene rings is 2. The number of nitrogens with one attached hydrogen (secondary N) is 1. The zero-order valence-corrected chi connectivity index (χ0v) is 14.1. The second-order valence-electron chi connectivity index (χ2n) is 6.15. The second-order valence-corrected chi connectivity index (χ2v) is 6.15. The summed E-state index contributed by atoms with van der Waals surface area (Å²) in [5.41, 5.74) is 4.31. The molecule has 1 saturated heterocycles. The van der Waals surface area contributed by atoms with Gasteiger partial charge in [-0.1, -0.05) is 36.4 Å². The highest BCUT2D eigenvalue weighted by molar-refractivity contribution is 5.94. The molecule has 1 N–H and O–H groups in total. The van der Waals surface area contributed by atoms with E-state index in [1.807, 2.05) is 31.2 Å². The number of nitrogens with zero attached hydrogens (tertiary/aromatic N) is 1. The molecule has 0 atom stereocenters. The van der Waals surface area contributed by atoms with Crippen LogP contribution in [-0.2, 0) is 16.0 Å². The van der Waals surface area contributed by atoms with Crippen molar-refractivity contribution in [2.75, 3.05) is 36.5 Å². The van der Waals surface area contributed by atoms with Crippen molar-refractivity contribution >= 4 is 17.3 Å². The van der Waals surface area contributed by atoms with Gasteiger partial charge in [0.25, 0.3) is 0 Å². The number of hydrogen-bond donors (Lipinski definition) is 1. The quantitative estimate of drug-likeness (QED) is 0.916.